The Morgan fingerprint density at radius 2 is 2.00 bits per heavy atom. The molecule has 88 valence electrons. The van der Waals surface area contributed by atoms with E-state index in [1.807, 2.05) is 6.92 Å². The number of methoxy groups -OCH3 is 1. The Morgan fingerprint density at radius 1 is 1.40 bits per heavy atom. The zero-order valence-corrected chi connectivity index (χ0v) is 10.7. The molecular weight excluding hydrogens is 188 g/mol. The molecule has 0 aliphatic carbocycles. The van der Waals surface area contributed by atoms with E-state index in [1.165, 1.54) is 7.11 Å². The first-order valence-electron chi connectivity index (χ1n) is 5.82. The first-order chi connectivity index (χ1) is 7.08. The Bertz CT molecular complexity index is 219. The summed E-state index contributed by atoms with van der Waals surface area (Å²) in [6.45, 7) is 8.38. The molecule has 0 aromatic carbocycles. The summed E-state index contributed by atoms with van der Waals surface area (Å²) in [5, 5.41) is 0. The summed E-state index contributed by atoms with van der Waals surface area (Å²) in [7, 11) is 1.47. The van der Waals surface area contributed by atoms with Crippen molar-refractivity contribution in [2.45, 2.75) is 47.0 Å². The molecule has 0 aliphatic rings. The molecule has 0 heterocycles. The van der Waals surface area contributed by atoms with Gasteiger partial charge in [0.1, 0.15) is 0 Å². The summed E-state index contributed by atoms with van der Waals surface area (Å²) in [5.41, 5.74) is 1.14. The molecule has 0 rings (SSSR count). The van der Waals surface area contributed by atoms with Gasteiger partial charge in [0.15, 0.2) is 0 Å². The van der Waals surface area contributed by atoms with Crippen molar-refractivity contribution in [3.05, 3.63) is 11.6 Å². The molecule has 0 aromatic rings. The summed E-state index contributed by atoms with van der Waals surface area (Å²) >= 11 is 0. The SMILES string of the molecule is CCC=C(C)C(C(=O)OC)C(C)CCC. The second-order valence-corrected chi connectivity index (χ2v) is 4.12. The third kappa shape index (κ3) is 4.50. The van der Waals surface area contributed by atoms with Crippen molar-refractivity contribution >= 4 is 5.97 Å². The molecule has 2 atom stereocenters. The lowest BCUT2D eigenvalue weighted by Gasteiger charge is -2.22. The van der Waals surface area contributed by atoms with Gasteiger partial charge in [0.2, 0.25) is 0 Å². The zero-order valence-electron chi connectivity index (χ0n) is 10.7. The van der Waals surface area contributed by atoms with E-state index in [4.69, 9.17) is 4.74 Å². The van der Waals surface area contributed by atoms with E-state index in [9.17, 15) is 4.79 Å². The molecule has 2 heteroatoms. The predicted octanol–water partition coefficient (Wildman–Crippen LogP) is 3.57. The number of carbonyl (C=O) groups excluding carboxylic acids is 1. The molecule has 0 bridgehead atoms. The molecule has 0 saturated heterocycles. The zero-order chi connectivity index (χ0) is 11.8. The lowest BCUT2D eigenvalue weighted by molar-refractivity contribution is -0.145. The second-order valence-electron chi connectivity index (χ2n) is 4.12. The van der Waals surface area contributed by atoms with Crippen molar-refractivity contribution in [1.82, 2.24) is 0 Å². The van der Waals surface area contributed by atoms with Gasteiger partial charge in [-0.15, -0.1) is 0 Å². The number of esters is 1. The average Bonchev–Trinajstić information content (AvgIpc) is 2.18. The van der Waals surface area contributed by atoms with E-state index in [0.717, 1.165) is 24.8 Å². The maximum absolute atomic E-state index is 11.7. The second kappa shape index (κ2) is 7.49. The van der Waals surface area contributed by atoms with Crippen LogP contribution in [0.15, 0.2) is 11.6 Å². The highest BCUT2D eigenvalue weighted by atomic mass is 16.5. The van der Waals surface area contributed by atoms with E-state index in [1.54, 1.807) is 0 Å². The maximum Gasteiger partial charge on any atom is 0.313 e. The topological polar surface area (TPSA) is 26.3 Å². The van der Waals surface area contributed by atoms with E-state index < -0.39 is 0 Å². The Balaban J connectivity index is 4.71. The van der Waals surface area contributed by atoms with Gasteiger partial charge in [-0.3, -0.25) is 4.79 Å². The van der Waals surface area contributed by atoms with Gasteiger partial charge in [-0.25, -0.2) is 0 Å². The van der Waals surface area contributed by atoms with Gasteiger partial charge in [0.25, 0.3) is 0 Å². The first kappa shape index (κ1) is 14.2. The fourth-order valence-corrected chi connectivity index (χ4v) is 2.06. The fourth-order valence-electron chi connectivity index (χ4n) is 2.06. The molecule has 0 spiro atoms. The molecule has 0 aromatic heterocycles. The number of rotatable bonds is 6. The van der Waals surface area contributed by atoms with Gasteiger partial charge in [0, 0.05) is 0 Å². The van der Waals surface area contributed by atoms with Gasteiger partial charge in [-0.1, -0.05) is 38.8 Å². The monoisotopic (exact) mass is 212 g/mol. The van der Waals surface area contributed by atoms with Crippen LogP contribution in [0, 0.1) is 11.8 Å². The first-order valence-corrected chi connectivity index (χ1v) is 5.82. The third-order valence-corrected chi connectivity index (χ3v) is 2.78. The van der Waals surface area contributed by atoms with Crippen molar-refractivity contribution in [2.24, 2.45) is 11.8 Å². The minimum Gasteiger partial charge on any atom is -0.469 e. The van der Waals surface area contributed by atoms with Crippen molar-refractivity contribution in [1.29, 1.82) is 0 Å². The highest BCUT2D eigenvalue weighted by Crippen LogP contribution is 2.26. The summed E-state index contributed by atoms with van der Waals surface area (Å²) < 4.78 is 4.87. The van der Waals surface area contributed by atoms with Gasteiger partial charge in [-0.2, -0.15) is 0 Å². The fraction of sp³-hybridized carbons (Fsp3) is 0.769. The van der Waals surface area contributed by atoms with Gasteiger partial charge in [0.05, 0.1) is 13.0 Å². The van der Waals surface area contributed by atoms with Crippen LogP contribution in [0.2, 0.25) is 0 Å². The largest absolute Gasteiger partial charge is 0.469 e. The summed E-state index contributed by atoms with van der Waals surface area (Å²) in [6, 6.07) is 0. The molecule has 0 amide bonds. The number of hydrogen-bond donors (Lipinski definition) is 0. The lowest BCUT2D eigenvalue weighted by Crippen LogP contribution is -2.24. The highest BCUT2D eigenvalue weighted by Gasteiger charge is 2.26. The molecule has 0 N–H and O–H groups in total. The molecule has 0 saturated carbocycles. The van der Waals surface area contributed by atoms with Crippen LogP contribution >= 0.6 is 0 Å². The van der Waals surface area contributed by atoms with Crippen molar-refractivity contribution in [2.75, 3.05) is 7.11 Å². The molecule has 2 unspecified atom stereocenters. The quantitative estimate of drug-likeness (QED) is 0.497. The van der Waals surface area contributed by atoms with Gasteiger partial charge in [-0.05, 0) is 25.7 Å². The van der Waals surface area contributed by atoms with Crippen LogP contribution in [-0.2, 0) is 9.53 Å². The molecule has 0 radical (unpaired) electrons. The van der Waals surface area contributed by atoms with Crippen LogP contribution in [0.4, 0.5) is 0 Å². The molecular formula is C13H24O2. The standard InChI is InChI=1S/C13H24O2/c1-6-8-10(3)12(13(14)15-5)11(4)9-7-2/h8,11-12H,6-7,9H2,1-5H3. The minimum atomic E-state index is -0.0989. The minimum absolute atomic E-state index is 0.0603. The number of ether oxygens (including phenoxy) is 1. The number of hydrogen-bond acceptors (Lipinski definition) is 2. The number of allylic oxidation sites excluding steroid dienone is 1. The molecule has 2 nitrogen and oxygen atoms in total. The van der Waals surface area contributed by atoms with E-state index in [-0.39, 0.29) is 11.9 Å². The lowest BCUT2D eigenvalue weighted by atomic mass is 9.84. The highest BCUT2D eigenvalue weighted by molar-refractivity contribution is 5.75. The molecule has 0 aliphatic heterocycles. The Labute approximate surface area is 93.7 Å². The van der Waals surface area contributed by atoms with E-state index >= 15 is 0 Å². The van der Waals surface area contributed by atoms with Crippen LogP contribution in [0.25, 0.3) is 0 Å². The van der Waals surface area contributed by atoms with Crippen molar-refractivity contribution in [3.8, 4) is 0 Å². The van der Waals surface area contributed by atoms with Crippen LogP contribution in [0.3, 0.4) is 0 Å². The Morgan fingerprint density at radius 3 is 2.40 bits per heavy atom. The van der Waals surface area contributed by atoms with Gasteiger partial charge >= 0.3 is 5.97 Å². The Kier molecular flexibility index (Phi) is 7.10. The van der Waals surface area contributed by atoms with Crippen LogP contribution in [-0.4, -0.2) is 13.1 Å². The van der Waals surface area contributed by atoms with E-state index in [0.29, 0.717) is 5.92 Å². The van der Waals surface area contributed by atoms with Crippen LogP contribution in [0.1, 0.15) is 47.0 Å². The Hall–Kier alpha value is -0.790. The molecule has 0 fully saturated rings. The number of carbonyl (C=O) groups is 1. The average molecular weight is 212 g/mol. The van der Waals surface area contributed by atoms with E-state index in [2.05, 4.69) is 26.8 Å². The summed E-state index contributed by atoms with van der Waals surface area (Å²) in [4.78, 5) is 11.7. The molecule has 15 heavy (non-hydrogen) atoms. The smallest absolute Gasteiger partial charge is 0.313 e. The normalized spacial score (nSPS) is 15.9. The van der Waals surface area contributed by atoms with Crippen molar-refractivity contribution < 1.29 is 9.53 Å². The van der Waals surface area contributed by atoms with Crippen molar-refractivity contribution in [3.63, 3.8) is 0 Å². The maximum atomic E-state index is 11.7. The van der Waals surface area contributed by atoms with Crippen LogP contribution < -0.4 is 0 Å². The summed E-state index contributed by atoms with van der Waals surface area (Å²) in [6.07, 6.45) is 5.26. The summed E-state index contributed by atoms with van der Waals surface area (Å²) in [5.74, 6) is 0.207. The predicted molar refractivity (Wildman–Crippen MR) is 63.6 cm³/mol. The third-order valence-electron chi connectivity index (χ3n) is 2.78. The van der Waals surface area contributed by atoms with Gasteiger partial charge < -0.3 is 4.74 Å². The van der Waals surface area contributed by atoms with Crippen LogP contribution in [0.5, 0.6) is 0 Å².